The number of hydrogen-bond acceptors (Lipinski definition) is 3. The first kappa shape index (κ1) is 21.0. The van der Waals surface area contributed by atoms with E-state index in [4.69, 9.17) is 0 Å². The van der Waals surface area contributed by atoms with Crippen molar-refractivity contribution in [1.29, 1.82) is 0 Å². The number of piperidine rings is 1. The van der Waals surface area contributed by atoms with E-state index in [0.717, 1.165) is 45.6 Å². The molecule has 2 atom stereocenters. The topological polar surface area (TPSA) is 55.9 Å². The third-order valence-electron chi connectivity index (χ3n) is 7.21. The third-order valence-corrected chi connectivity index (χ3v) is 7.21. The van der Waals surface area contributed by atoms with Crippen LogP contribution in [0.15, 0.2) is 24.3 Å². The molecule has 2 aliphatic heterocycles. The molecule has 2 unspecified atom stereocenters. The number of aryl methyl sites for hydroxylation is 1. The van der Waals surface area contributed by atoms with Crippen LogP contribution in [0, 0.1) is 12.8 Å². The maximum atomic E-state index is 12.7. The highest BCUT2D eigenvalue weighted by Crippen LogP contribution is 2.35. The van der Waals surface area contributed by atoms with Gasteiger partial charge < -0.3 is 20.0 Å². The zero-order chi connectivity index (χ0) is 20.9. The molecule has 4 rings (SSSR count). The van der Waals surface area contributed by atoms with E-state index in [2.05, 4.69) is 46.3 Å². The summed E-state index contributed by atoms with van der Waals surface area (Å²) in [6.07, 6.45) is 7.71. The van der Waals surface area contributed by atoms with Crippen molar-refractivity contribution in [3.05, 3.63) is 29.8 Å². The summed E-state index contributed by atoms with van der Waals surface area (Å²) >= 11 is 0. The van der Waals surface area contributed by atoms with E-state index >= 15 is 0 Å². The first-order chi connectivity index (χ1) is 14.6. The van der Waals surface area contributed by atoms with Gasteiger partial charge in [-0.3, -0.25) is 4.79 Å². The second kappa shape index (κ2) is 9.71. The smallest absolute Gasteiger partial charge is 0.317 e. The molecule has 1 aromatic rings. The van der Waals surface area contributed by atoms with Crippen LogP contribution in [0.3, 0.4) is 0 Å². The van der Waals surface area contributed by atoms with Gasteiger partial charge in [-0.2, -0.15) is 0 Å². The number of fused-ring (bicyclic) bond motifs is 1. The van der Waals surface area contributed by atoms with E-state index in [-0.39, 0.29) is 11.9 Å². The van der Waals surface area contributed by atoms with Crippen molar-refractivity contribution < 1.29 is 9.59 Å². The van der Waals surface area contributed by atoms with E-state index in [1.807, 2.05) is 4.90 Å². The number of carbonyl (C=O) groups is 2. The summed E-state index contributed by atoms with van der Waals surface area (Å²) in [7, 11) is 0. The van der Waals surface area contributed by atoms with Crippen LogP contribution in [0.1, 0.15) is 50.5 Å². The predicted octanol–water partition coefficient (Wildman–Crippen LogP) is 3.40. The van der Waals surface area contributed by atoms with Gasteiger partial charge in [0.25, 0.3) is 0 Å². The Bertz CT molecular complexity index is 742. The highest BCUT2D eigenvalue weighted by Gasteiger charge is 2.35. The van der Waals surface area contributed by atoms with Gasteiger partial charge in [-0.15, -0.1) is 0 Å². The Hall–Kier alpha value is -2.24. The molecule has 0 radical (unpaired) electrons. The standard InChI is InChI=1S/C24H36N4O2/c1-19-7-2-4-10-21(19)26-15-17-27(18-16-26)23(29)12-13-25-24(30)28-14-6-9-20-8-3-5-11-22(20)28/h2,4,7,10,20,22H,3,5-6,8-9,11-18H2,1H3,(H,25,30). The number of likely N-dealkylation sites (tertiary alicyclic amines) is 1. The summed E-state index contributed by atoms with van der Waals surface area (Å²) in [4.78, 5) is 31.7. The molecule has 0 bridgehead atoms. The minimum absolute atomic E-state index is 0.0313. The largest absolute Gasteiger partial charge is 0.368 e. The van der Waals surface area contributed by atoms with Crippen LogP contribution in [-0.4, -0.2) is 67.0 Å². The molecule has 0 spiro atoms. The Kier molecular flexibility index (Phi) is 6.80. The van der Waals surface area contributed by atoms with E-state index in [0.29, 0.717) is 24.9 Å². The minimum Gasteiger partial charge on any atom is -0.368 e. The fraction of sp³-hybridized carbons (Fsp3) is 0.667. The number of nitrogens with one attached hydrogen (secondary N) is 1. The number of hydrogen-bond donors (Lipinski definition) is 1. The summed E-state index contributed by atoms with van der Waals surface area (Å²) < 4.78 is 0. The van der Waals surface area contributed by atoms with Crippen LogP contribution in [0.25, 0.3) is 0 Å². The van der Waals surface area contributed by atoms with Crippen molar-refractivity contribution in [2.24, 2.45) is 5.92 Å². The highest BCUT2D eigenvalue weighted by atomic mass is 16.2. The number of urea groups is 1. The Morgan fingerprint density at radius 2 is 1.70 bits per heavy atom. The number of rotatable bonds is 4. The second-order valence-electron chi connectivity index (χ2n) is 9.08. The lowest BCUT2D eigenvalue weighted by molar-refractivity contribution is -0.131. The average Bonchev–Trinajstić information content (AvgIpc) is 2.79. The first-order valence-electron chi connectivity index (χ1n) is 11.8. The fourth-order valence-electron chi connectivity index (χ4n) is 5.53. The number of benzene rings is 1. The van der Waals surface area contributed by atoms with E-state index in [1.54, 1.807) is 0 Å². The predicted molar refractivity (Wildman–Crippen MR) is 120 cm³/mol. The molecule has 1 N–H and O–H groups in total. The van der Waals surface area contributed by atoms with Crippen LogP contribution in [0.4, 0.5) is 10.5 Å². The van der Waals surface area contributed by atoms with Gasteiger partial charge in [-0.1, -0.05) is 31.0 Å². The van der Waals surface area contributed by atoms with Crippen LogP contribution in [0.5, 0.6) is 0 Å². The number of amides is 3. The fourth-order valence-corrected chi connectivity index (χ4v) is 5.53. The SMILES string of the molecule is Cc1ccccc1N1CCN(C(=O)CCNC(=O)N2CCCC3CCCCC32)CC1. The molecule has 3 fully saturated rings. The number of para-hydroxylation sites is 1. The average molecular weight is 413 g/mol. The van der Waals surface area contributed by atoms with Crippen molar-refractivity contribution in [3.8, 4) is 0 Å². The monoisotopic (exact) mass is 412 g/mol. The molecule has 1 aromatic carbocycles. The zero-order valence-corrected chi connectivity index (χ0v) is 18.3. The highest BCUT2D eigenvalue weighted by molar-refractivity contribution is 5.79. The van der Waals surface area contributed by atoms with Gasteiger partial charge in [-0.25, -0.2) is 4.79 Å². The number of nitrogens with zero attached hydrogens (tertiary/aromatic N) is 3. The van der Waals surface area contributed by atoms with E-state index in [1.165, 1.54) is 36.9 Å². The van der Waals surface area contributed by atoms with Gasteiger partial charge in [-0.05, 0) is 50.2 Å². The van der Waals surface area contributed by atoms with Gasteiger partial charge >= 0.3 is 6.03 Å². The lowest BCUT2D eigenvalue weighted by atomic mass is 9.78. The molecule has 6 nitrogen and oxygen atoms in total. The van der Waals surface area contributed by atoms with Crippen molar-refractivity contribution in [2.45, 2.75) is 57.9 Å². The molecule has 3 aliphatic rings. The number of carbonyl (C=O) groups excluding carboxylic acids is 2. The minimum atomic E-state index is 0.0313. The third kappa shape index (κ3) is 4.73. The molecule has 164 valence electrons. The lowest BCUT2D eigenvalue weighted by Gasteiger charge is -2.44. The molecular formula is C24H36N4O2. The van der Waals surface area contributed by atoms with Gasteiger partial charge in [0.15, 0.2) is 0 Å². The second-order valence-corrected chi connectivity index (χ2v) is 9.08. The zero-order valence-electron chi connectivity index (χ0n) is 18.3. The van der Waals surface area contributed by atoms with Gasteiger partial charge in [0.2, 0.25) is 5.91 Å². The quantitative estimate of drug-likeness (QED) is 0.825. The number of piperazine rings is 1. The molecule has 0 aromatic heterocycles. The van der Waals surface area contributed by atoms with Crippen molar-refractivity contribution >= 4 is 17.6 Å². The summed E-state index contributed by atoms with van der Waals surface area (Å²) in [5.74, 6) is 0.832. The van der Waals surface area contributed by atoms with Gasteiger partial charge in [0, 0.05) is 57.4 Å². The number of anilines is 1. The van der Waals surface area contributed by atoms with Crippen LogP contribution < -0.4 is 10.2 Å². The summed E-state index contributed by atoms with van der Waals surface area (Å²) in [5.41, 5.74) is 2.54. The molecule has 1 aliphatic carbocycles. The van der Waals surface area contributed by atoms with Gasteiger partial charge in [0.1, 0.15) is 0 Å². The van der Waals surface area contributed by atoms with Gasteiger partial charge in [0.05, 0.1) is 0 Å². The molecular weight excluding hydrogens is 376 g/mol. The summed E-state index contributed by atoms with van der Waals surface area (Å²) in [6.45, 7) is 6.65. The summed E-state index contributed by atoms with van der Waals surface area (Å²) in [5, 5.41) is 3.03. The molecule has 2 heterocycles. The van der Waals surface area contributed by atoms with Crippen molar-refractivity contribution in [3.63, 3.8) is 0 Å². The Labute approximate surface area is 180 Å². The normalized spacial score (nSPS) is 24.4. The Morgan fingerprint density at radius 1 is 0.967 bits per heavy atom. The Balaban J connectivity index is 1.20. The van der Waals surface area contributed by atoms with Crippen molar-refractivity contribution in [2.75, 3.05) is 44.2 Å². The van der Waals surface area contributed by atoms with E-state index in [9.17, 15) is 9.59 Å². The molecule has 30 heavy (non-hydrogen) atoms. The molecule has 6 heteroatoms. The maximum Gasteiger partial charge on any atom is 0.317 e. The molecule has 1 saturated carbocycles. The van der Waals surface area contributed by atoms with E-state index < -0.39 is 0 Å². The van der Waals surface area contributed by atoms with Crippen LogP contribution in [-0.2, 0) is 4.79 Å². The van der Waals surface area contributed by atoms with Crippen LogP contribution in [0.2, 0.25) is 0 Å². The molecule has 3 amide bonds. The maximum absolute atomic E-state index is 12.7. The van der Waals surface area contributed by atoms with Crippen LogP contribution >= 0.6 is 0 Å². The summed E-state index contributed by atoms with van der Waals surface area (Å²) in [6, 6.07) is 8.86. The first-order valence-corrected chi connectivity index (χ1v) is 11.8. The molecule has 2 saturated heterocycles. The van der Waals surface area contributed by atoms with Crippen molar-refractivity contribution in [1.82, 2.24) is 15.1 Å². The Morgan fingerprint density at radius 3 is 2.50 bits per heavy atom. The lowest BCUT2D eigenvalue weighted by Crippen LogP contribution is -2.53.